The second kappa shape index (κ2) is 7.01. The molecular formula is C15H15BrN2O4S. The number of methoxy groups -OCH3 is 1. The van der Waals surface area contributed by atoms with Crippen LogP contribution in [0.3, 0.4) is 0 Å². The Labute approximate surface area is 143 Å². The maximum atomic E-state index is 12.3. The normalized spacial score (nSPS) is 10.9. The predicted octanol–water partition coefficient (Wildman–Crippen LogP) is 3.08. The Bertz CT molecular complexity index is 820. The third-order valence-electron chi connectivity index (χ3n) is 2.86. The van der Waals surface area contributed by atoms with Crippen LogP contribution in [0.4, 0.5) is 11.4 Å². The first kappa shape index (κ1) is 17.3. The molecule has 0 aliphatic carbocycles. The van der Waals surface area contributed by atoms with Crippen molar-refractivity contribution >= 4 is 43.2 Å². The lowest BCUT2D eigenvalue weighted by atomic mass is 10.2. The topological polar surface area (TPSA) is 84.5 Å². The maximum Gasteiger partial charge on any atom is 0.256 e. The number of hydrogen-bond donors (Lipinski definition) is 2. The summed E-state index contributed by atoms with van der Waals surface area (Å²) in [5, 5.41) is 2.74. The lowest BCUT2D eigenvalue weighted by molar-refractivity contribution is 0.102. The van der Waals surface area contributed by atoms with E-state index in [1.165, 1.54) is 7.11 Å². The third-order valence-corrected chi connectivity index (χ3v) is 4.16. The summed E-state index contributed by atoms with van der Waals surface area (Å²) in [7, 11) is -1.80. The zero-order chi connectivity index (χ0) is 17.0. The van der Waals surface area contributed by atoms with Gasteiger partial charge in [0.05, 0.1) is 18.9 Å². The van der Waals surface area contributed by atoms with Crippen LogP contribution in [-0.2, 0) is 10.0 Å². The van der Waals surface area contributed by atoms with Crippen LogP contribution in [0.5, 0.6) is 5.75 Å². The van der Waals surface area contributed by atoms with Gasteiger partial charge in [-0.1, -0.05) is 0 Å². The van der Waals surface area contributed by atoms with Gasteiger partial charge in [-0.2, -0.15) is 0 Å². The first-order chi connectivity index (χ1) is 10.8. The van der Waals surface area contributed by atoms with Crippen molar-refractivity contribution < 1.29 is 17.9 Å². The zero-order valence-corrected chi connectivity index (χ0v) is 14.9. The molecule has 0 saturated carbocycles. The zero-order valence-electron chi connectivity index (χ0n) is 12.5. The average molecular weight is 399 g/mol. The average Bonchev–Trinajstić information content (AvgIpc) is 2.48. The van der Waals surface area contributed by atoms with Crippen LogP contribution in [0.15, 0.2) is 46.9 Å². The number of nitrogens with one attached hydrogen (secondary N) is 2. The molecule has 0 bridgehead atoms. The van der Waals surface area contributed by atoms with Gasteiger partial charge in [-0.25, -0.2) is 8.42 Å². The molecule has 0 unspecified atom stereocenters. The van der Waals surface area contributed by atoms with E-state index in [1.807, 2.05) is 0 Å². The van der Waals surface area contributed by atoms with E-state index < -0.39 is 10.0 Å². The standard InChI is InChI=1S/C15H15BrN2O4S/c1-22-12-7-8-14(16)13(9-12)15(19)17-10-3-5-11(6-4-10)18-23(2,20)21/h3-9,18H,1-2H3,(H,17,19). The number of carbonyl (C=O) groups is 1. The van der Waals surface area contributed by atoms with Crippen LogP contribution in [0.25, 0.3) is 0 Å². The van der Waals surface area contributed by atoms with Crippen LogP contribution in [0.2, 0.25) is 0 Å². The minimum absolute atomic E-state index is 0.306. The summed E-state index contributed by atoms with van der Waals surface area (Å²) in [5.41, 5.74) is 1.40. The summed E-state index contributed by atoms with van der Waals surface area (Å²) in [5.74, 6) is 0.269. The highest BCUT2D eigenvalue weighted by Crippen LogP contribution is 2.24. The van der Waals surface area contributed by atoms with Gasteiger partial charge in [0, 0.05) is 15.8 Å². The van der Waals surface area contributed by atoms with E-state index in [-0.39, 0.29) is 5.91 Å². The fourth-order valence-electron chi connectivity index (χ4n) is 1.84. The van der Waals surface area contributed by atoms with E-state index in [1.54, 1.807) is 42.5 Å². The molecular weight excluding hydrogens is 384 g/mol. The highest BCUT2D eigenvalue weighted by Gasteiger charge is 2.12. The van der Waals surface area contributed by atoms with Gasteiger partial charge in [0.1, 0.15) is 5.75 Å². The Balaban J connectivity index is 2.14. The fourth-order valence-corrected chi connectivity index (χ4v) is 2.83. The van der Waals surface area contributed by atoms with Gasteiger partial charge >= 0.3 is 0 Å². The molecule has 0 aliphatic heterocycles. The molecule has 2 aromatic carbocycles. The molecule has 0 heterocycles. The summed E-state index contributed by atoms with van der Waals surface area (Å²) in [6.45, 7) is 0. The van der Waals surface area contributed by atoms with Crippen LogP contribution in [-0.4, -0.2) is 27.7 Å². The molecule has 2 N–H and O–H groups in total. The van der Waals surface area contributed by atoms with Crippen LogP contribution >= 0.6 is 15.9 Å². The number of sulfonamides is 1. The molecule has 2 aromatic rings. The molecule has 8 heteroatoms. The Hall–Kier alpha value is -2.06. The minimum Gasteiger partial charge on any atom is -0.497 e. The Kier molecular flexibility index (Phi) is 5.27. The van der Waals surface area contributed by atoms with Crippen molar-refractivity contribution in [2.45, 2.75) is 0 Å². The maximum absolute atomic E-state index is 12.3. The van der Waals surface area contributed by atoms with E-state index in [0.29, 0.717) is 27.2 Å². The van der Waals surface area contributed by atoms with Crippen molar-refractivity contribution in [2.24, 2.45) is 0 Å². The molecule has 122 valence electrons. The van der Waals surface area contributed by atoms with E-state index in [2.05, 4.69) is 26.0 Å². The molecule has 0 aliphatic rings. The third kappa shape index (κ3) is 4.97. The van der Waals surface area contributed by atoms with E-state index in [9.17, 15) is 13.2 Å². The number of halogens is 1. The fraction of sp³-hybridized carbons (Fsp3) is 0.133. The number of carbonyl (C=O) groups excluding carboxylic acids is 1. The number of anilines is 2. The molecule has 0 radical (unpaired) electrons. The smallest absolute Gasteiger partial charge is 0.256 e. The predicted molar refractivity (Wildman–Crippen MR) is 93.6 cm³/mol. The van der Waals surface area contributed by atoms with E-state index in [4.69, 9.17) is 4.74 Å². The molecule has 23 heavy (non-hydrogen) atoms. The van der Waals surface area contributed by atoms with Crippen molar-refractivity contribution in [3.63, 3.8) is 0 Å². The highest BCUT2D eigenvalue weighted by molar-refractivity contribution is 9.10. The summed E-state index contributed by atoms with van der Waals surface area (Å²) < 4.78 is 30.4. The molecule has 6 nitrogen and oxygen atoms in total. The number of hydrogen-bond acceptors (Lipinski definition) is 4. The molecule has 1 amide bonds. The first-order valence-corrected chi connectivity index (χ1v) is 9.19. The molecule has 0 aromatic heterocycles. The summed E-state index contributed by atoms with van der Waals surface area (Å²) in [6.07, 6.45) is 1.07. The van der Waals surface area contributed by atoms with Crippen molar-refractivity contribution in [1.82, 2.24) is 0 Å². The SMILES string of the molecule is COc1ccc(Br)c(C(=O)Nc2ccc(NS(C)(=O)=O)cc2)c1. The Morgan fingerprint density at radius 2 is 1.70 bits per heavy atom. The van der Waals surface area contributed by atoms with Gasteiger partial charge in [0.25, 0.3) is 5.91 Å². The molecule has 0 fully saturated rings. The van der Waals surface area contributed by atoms with Gasteiger partial charge < -0.3 is 10.1 Å². The quantitative estimate of drug-likeness (QED) is 0.810. The minimum atomic E-state index is -3.33. The van der Waals surface area contributed by atoms with Gasteiger partial charge in [-0.3, -0.25) is 9.52 Å². The second-order valence-electron chi connectivity index (χ2n) is 4.75. The highest BCUT2D eigenvalue weighted by atomic mass is 79.9. The van der Waals surface area contributed by atoms with Crippen molar-refractivity contribution in [1.29, 1.82) is 0 Å². The van der Waals surface area contributed by atoms with Gasteiger partial charge in [0.15, 0.2) is 0 Å². The molecule has 0 spiro atoms. The number of amides is 1. The Morgan fingerprint density at radius 1 is 1.09 bits per heavy atom. The van der Waals surface area contributed by atoms with Gasteiger partial charge in [-0.05, 0) is 58.4 Å². The Morgan fingerprint density at radius 3 is 2.26 bits per heavy atom. The number of rotatable bonds is 5. The largest absolute Gasteiger partial charge is 0.497 e. The summed E-state index contributed by atoms with van der Waals surface area (Å²) in [6, 6.07) is 11.5. The van der Waals surface area contributed by atoms with Crippen LogP contribution in [0.1, 0.15) is 10.4 Å². The summed E-state index contributed by atoms with van der Waals surface area (Å²) >= 11 is 3.33. The lowest BCUT2D eigenvalue weighted by Crippen LogP contribution is -2.13. The van der Waals surface area contributed by atoms with E-state index in [0.717, 1.165) is 6.26 Å². The number of ether oxygens (including phenoxy) is 1. The molecule has 2 rings (SSSR count). The summed E-state index contributed by atoms with van der Waals surface area (Å²) in [4.78, 5) is 12.3. The van der Waals surface area contributed by atoms with Crippen molar-refractivity contribution in [3.05, 3.63) is 52.5 Å². The molecule has 0 saturated heterocycles. The van der Waals surface area contributed by atoms with Crippen LogP contribution in [0, 0.1) is 0 Å². The van der Waals surface area contributed by atoms with Gasteiger partial charge in [0.2, 0.25) is 10.0 Å². The van der Waals surface area contributed by atoms with Gasteiger partial charge in [-0.15, -0.1) is 0 Å². The van der Waals surface area contributed by atoms with Crippen molar-refractivity contribution in [3.8, 4) is 5.75 Å². The van der Waals surface area contributed by atoms with E-state index >= 15 is 0 Å². The first-order valence-electron chi connectivity index (χ1n) is 6.51. The lowest BCUT2D eigenvalue weighted by Gasteiger charge is -2.09. The number of benzene rings is 2. The monoisotopic (exact) mass is 398 g/mol. The molecule has 0 atom stereocenters. The van der Waals surface area contributed by atoms with Crippen LogP contribution < -0.4 is 14.8 Å². The second-order valence-corrected chi connectivity index (χ2v) is 7.35. The van der Waals surface area contributed by atoms with Crippen molar-refractivity contribution in [2.75, 3.05) is 23.4 Å².